The molecular formula is C18H13Br2N3O2. The highest BCUT2D eigenvalue weighted by molar-refractivity contribution is 9.10. The van der Waals surface area contributed by atoms with Crippen LogP contribution in [-0.2, 0) is 4.84 Å². The fraction of sp³-hybridized carbons (Fsp3) is 0.111. The van der Waals surface area contributed by atoms with E-state index in [1.807, 2.05) is 42.5 Å². The maximum absolute atomic E-state index is 10.5. The van der Waals surface area contributed by atoms with Gasteiger partial charge in [-0.2, -0.15) is 0 Å². The molecule has 1 aromatic heterocycles. The summed E-state index contributed by atoms with van der Waals surface area (Å²) in [5, 5.41) is 16.4. The van der Waals surface area contributed by atoms with Crippen LogP contribution in [0.1, 0.15) is 11.1 Å². The summed E-state index contributed by atoms with van der Waals surface area (Å²) < 4.78 is 0.872. The van der Waals surface area contributed by atoms with Crippen LogP contribution in [0.15, 0.2) is 57.1 Å². The third-order valence-corrected chi connectivity index (χ3v) is 4.92. The van der Waals surface area contributed by atoms with Crippen LogP contribution in [0.4, 0.5) is 5.69 Å². The molecular weight excluding hydrogens is 450 g/mol. The molecule has 0 aliphatic carbocycles. The summed E-state index contributed by atoms with van der Waals surface area (Å²) in [6.07, 6.45) is 0. The van der Waals surface area contributed by atoms with E-state index in [1.165, 1.54) is 0 Å². The Kier molecular flexibility index (Phi) is 4.35. The molecule has 0 amide bonds. The Morgan fingerprint density at radius 2 is 2.00 bits per heavy atom. The number of aromatic amines is 1. The molecule has 0 bridgehead atoms. The summed E-state index contributed by atoms with van der Waals surface area (Å²) in [6.45, 7) is 0.449. The van der Waals surface area contributed by atoms with Crippen LogP contribution in [0, 0.1) is 0 Å². The van der Waals surface area contributed by atoms with E-state index in [-0.39, 0.29) is 5.88 Å². The predicted molar refractivity (Wildman–Crippen MR) is 107 cm³/mol. The number of alkyl halides is 1. The lowest BCUT2D eigenvalue weighted by atomic mass is 10.0. The lowest BCUT2D eigenvalue weighted by Gasteiger charge is -2.04. The van der Waals surface area contributed by atoms with Gasteiger partial charge < -0.3 is 14.9 Å². The molecule has 2 N–H and O–H groups in total. The van der Waals surface area contributed by atoms with E-state index in [2.05, 4.69) is 42.0 Å². The largest absolute Gasteiger partial charge is 0.494 e. The molecule has 7 heteroatoms. The van der Waals surface area contributed by atoms with Gasteiger partial charge in [-0.15, -0.1) is 0 Å². The van der Waals surface area contributed by atoms with Gasteiger partial charge in [0.25, 0.3) is 0 Å². The molecule has 3 aromatic rings. The van der Waals surface area contributed by atoms with E-state index < -0.39 is 0 Å². The fourth-order valence-electron chi connectivity index (χ4n) is 2.89. The van der Waals surface area contributed by atoms with E-state index in [0.717, 1.165) is 26.6 Å². The van der Waals surface area contributed by atoms with Crippen LogP contribution in [0.3, 0.4) is 0 Å². The van der Waals surface area contributed by atoms with Crippen molar-refractivity contribution in [2.75, 3.05) is 11.9 Å². The van der Waals surface area contributed by atoms with Crippen molar-refractivity contribution in [2.45, 2.75) is 0 Å². The monoisotopic (exact) mass is 461 g/mol. The van der Waals surface area contributed by atoms with Crippen LogP contribution in [-0.4, -0.2) is 33.5 Å². The quantitative estimate of drug-likeness (QED) is 0.329. The maximum atomic E-state index is 10.5. The topological polar surface area (TPSA) is 70.0 Å². The molecule has 0 atom stereocenters. The highest BCUT2D eigenvalue weighted by Crippen LogP contribution is 2.37. The van der Waals surface area contributed by atoms with Gasteiger partial charge in [0.05, 0.1) is 16.8 Å². The number of fused-ring (bicyclic) bond motifs is 2. The molecule has 1 aliphatic rings. The number of rotatable bonds is 4. The minimum Gasteiger partial charge on any atom is -0.494 e. The Morgan fingerprint density at radius 1 is 1.16 bits per heavy atom. The van der Waals surface area contributed by atoms with Crippen LogP contribution >= 0.6 is 31.9 Å². The third kappa shape index (κ3) is 2.77. The normalized spacial score (nSPS) is 14.8. The Balaban J connectivity index is 1.91. The van der Waals surface area contributed by atoms with Crippen molar-refractivity contribution in [2.24, 2.45) is 10.1 Å². The van der Waals surface area contributed by atoms with Crippen molar-refractivity contribution >= 4 is 59.9 Å². The van der Waals surface area contributed by atoms with Gasteiger partial charge in [0.1, 0.15) is 18.0 Å². The van der Waals surface area contributed by atoms with Gasteiger partial charge in [-0.1, -0.05) is 51.4 Å². The lowest BCUT2D eigenvalue weighted by molar-refractivity contribution is 0.163. The molecule has 2 heterocycles. The van der Waals surface area contributed by atoms with E-state index in [0.29, 0.717) is 28.9 Å². The van der Waals surface area contributed by atoms with Crippen molar-refractivity contribution in [3.63, 3.8) is 0 Å². The van der Waals surface area contributed by atoms with Crippen molar-refractivity contribution in [3.8, 4) is 5.88 Å². The second-order valence-electron chi connectivity index (χ2n) is 5.45. The highest BCUT2D eigenvalue weighted by atomic mass is 79.9. The van der Waals surface area contributed by atoms with Gasteiger partial charge in [0, 0.05) is 20.8 Å². The smallest absolute Gasteiger partial charge is 0.199 e. The lowest BCUT2D eigenvalue weighted by Crippen LogP contribution is -2.13. The number of hydrogen-bond donors (Lipinski definition) is 2. The van der Waals surface area contributed by atoms with Gasteiger partial charge in [-0.05, 0) is 28.1 Å². The summed E-state index contributed by atoms with van der Waals surface area (Å²) >= 11 is 6.83. The first-order valence-corrected chi connectivity index (χ1v) is 9.56. The molecule has 5 nitrogen and oxygen atoms in total. The van der Waals surface area contributed by atoms with Gasteiger partial charge in [-0.3, -0.25) is 0 Å². The number of nitrogens with one attached hydrogen (secondary N) is 1. The number of benzene rings is 2. The first-order valence-electron chi connectivity index (χ1n) is 7.64. The van der Waals surface area contributed by atoms with Crippen molar-refractivity contribution in [1.29, 1.82) is 0 Å². The van der Waals surface area contributed by atoms with Crippen molar-refractivity contribution in [1.82, 2.24) is 4.98 Å². The molecule has 0 fully saturated rings. The average molecular weight is 463 g/mol. The molecule has 1 aliphatic heterocycles. The zero-order chi connectivity index (χ0) is 17.4. The van der Waals surface area contributed by atoms with Crippen LogP contribution in [0.25, 0.3) is 10.9 Å². The predicted octanol–water partition coefficient (Wildman–Crippen LogP) is 4.89. The van der Waals surface area contributed by atoms with Crippen LogP contribution < -0.4 is 0 Å². The van der Waals surface area contributed by atoms with Gasteiger partial charge in [0.2, 0.25) is 0 Å². The number of oxime groups is 1. The number of aromatic nitrogens is 1. The second-order valence-corrected chi connectivity index (χ2v) is 7.10. The maximum Gasteiger partial charge on any atom is 0.199 e. The number of aliphatic imine (C=N–C) groups is 1. The summed E-state index contributed by atoms with van der Waals surface area (Å²) in [6, 6.07) is 13.5. The molecule has 2 aromatic carbocycles. The van der Waals surface area contributed by atoms with E-state index >= 15 is 0 Å². The Labute approximate surface area is 160 Å². The van der Waals surface area contributed by atoms with Gasteiger partial charge in [0.15, 0.2) is 5.88 Å². The number of para-hydroxylation sites is 2. The summed E-state index contributed by atoms with van der Waals surface area (Å²) in [7, 11) is 0. The average Bonchev–Trinajstić information content (AvgIpc) is 3.13. The first-order chi connectivity index (χ1) is 12.2. The molecule has 0 radical (unpaired) electrons. The van der Waals surface area contributed by atoms with Crippen molar-refractivity contribution in [3.05, 3.63) is 58.1 Å². The van der Waals surface area contributed by atoms with Crippen LogP contribution in [0.5, 0.6) is 5.88 Å². The SMILES string of the molecule is Oc1[nH]c2c(Br)cccc2c1C1=Nc2ccccc2/C1=N/OCCBr. The second kappa shape index (κ2) is 6.65. The molecule has 0 saturated carbocycles. The zero-order valence-electron chi connectivity index (χ0n) is 13.0. The third-order valence-electron chi connectivity index (χ3n) is 3.94. The molecule has 4 rings (SSSR count). The number of H-pyrrole nitrogens is 1. The molecule has 25 heavy (non-hydrogen) atoms. The molecule has 0 spiro atoms. The highest BCUT2D eigenvalue weighted by Gasteiger charge is 2.29. The van der Waals surface area contributed by atoms with Gasteiger partial charge >= 0.3 is 0 Å². The first kappa shape index (κ1) is 16.4. The standard InChI is InChI=1S/C18H13Br2N3O2/c19-8-9-25-23-16-10-4-1-2-7-13(10)21-17(16)14-11-5-3-6-12(20)15(11)22-18(14)24/h1-7,22,24H,8-9H2/b23-16-. The van der Waals surface area contributed by atoms with E-state index in [4.69, 9.17) is 9.83 Å². The fourth-order valence-corrected chi connectivity index (χ4v) is 3.50. The number of nitrogens with zero attached hydrogens (tertiary/aromatic N) is 2. The van der Waals surface area contributed by atoms with Crippen molar-refractivity contribution < 1.29 is 9.94 Å². The minimum absolute atomic E-state index is 0.0571. The van der Waals surface area contributed by atoms with E-state index in [1.54, 1.807) is 0 Å². The zero-order valence-corrected chi connectivity index (χ0v) is 16.1. The number of halogens is 2. The Hall–Kier alpha value is -2.12. The number of hydrogen-bond acceptors (Lipinski definition) is 4. The Morgan fingerprint density at radius 3 is 2.84 bits per heavy atom. The molecule has 126 valence electrons. The minimum atomic E-state index is 0.0571. The molecule has 0 saturated heterocycles. The Bertz CT molecular complexity index is 1020. The molecule has 0 unspecified atom stereocenters. The summed E-state index contributed by atoms with van der Waals surface area (Å²) in [4.78, 5) is 13.1. The van der Waals surface area contributed by atoms with E-state index in [9.17, 15) is 5.11 Å². The summed E-state index contributed by atoms with van der Waals surface area (Å²) in [5.41, 5.74) is 4.34. The number of aromatic hydroxyl groups is 1. The summed E-state index contributed by atoms with van der Waals surface area (Å²) in [5.74, 6) is 0.0571. The van der Waals surface area contributed by atoms with Gasteiger partial charge in [-0.25, -0.2) is 4.99 Å². The van der Waals surface area contributed by atoms with Crippen LogP contribution in [0.2, 0.25) is 0 Å².